The standard InChI is InChI=1S/C22H25N3O2S/c26-21(11-6-12-25-19-9-4-5-10-20(19)28-22(25)27)24-15-13-23(14-16-24)17-18-7-2-1-3-8-18/h1-5,7-10H,6,11-17H2. The van der Waals surface area contributed by atoms with Crippen LogP contribution >= 0.6 is 11.3 Å². The van der Waals surface area contributed by atoms with Crippen LogP contribution in [0.4, 0.5) is 0 Å². The molecule has 3 aromatic rings. The molecule has 1 amide bonds. The number of rotatable bonds is 6. The van der Waals surface area contributed by atoms with Crippen LogP contribution in [-0.2, 0) is 17.9 Å². The van der Waals surface area contributed by atoms with Crippen molar-refractivity contribution in [2.24, 2.45) is 0 Å². The molecular weight excluding hydrogens is 370 g/mol. The zero-order chi connectivity index (χ0) is 19.3. The number of carbonyl (C=O) groups is 1. The maximum absolute atomic E-state index is 12.6. The topological polar surface area (TPSA) is 45.6 Å². The summed E-state index contributed by atoms with van der Waals surface area (Å²) in [7, 11) is 0. The van der Waals surface area contributed by atoms with Crippen LogP contribution in [0.25, 0.3) is 10.2 Å². The normalized spacial score (nSPS) is 15.2. The SMILES string of the molecule is O=C(CCCn1c(=O)sc2ccccc21)N1CCN(Cc2ccccc2)CC1. The van der Waals surface area contributed by atoms with E-state index in [9.17, 15) is 9.59 Å². The van der Waals surface area contributed by atoms with Gasteiger partial charge in [0.2, 0.25) is 5.91 Å². The Hall–Kier alpha value is -2.44. The summed E-state index contributed by atoms with van der Waals surface area (Å²) in [5, 5.41) is 0. The first-order valence-corrected chi connectivity index (χ1v) is 10.6. The van der Waals surface area contributed by atoms with Gasteiger partial charge in [-0.15, -0.1) is 0 Å². The van der Waals surface area contributed by atoms with E-state index in [1.807, 2.05) is 35.2 Å². The molecule has 0 saturated carbocycles. The number of aromatic nitrogens is 1. The van der Waals surface area contributed by atoms with E-state index >= 15 is 0 Å². The summed E-state index contributed by atoms with van der Waals surface area (Å²) in [6.07, 6.45) is 1.19. The van der Waals surface area contributed by atoms with Gasteiger partial charge in [0.05, 0.1) is 10.2 Å². The molecule has 0 bridgehead atoms. The van der Waals surface area contributed by atoms with E-state index in [-0.39, 0.29) is 10.8 Å². The molecule has 146 valence electrons. The molecular formula is C22H25N3O2S. The third kappa shape index (κ3) is 4.34. The van der Waals surface area contributed by atoms with Gasteiger partial charge in [0.1, 0.15) is 0 Å². The maximum Gasteiger partial charge on any atom is 0.308 e. The molecule has 0 aliphatic carbocycles. The Morgan fingerprint density at radius 2 is 1.64 bits per heavy atom. The van der Waals surface area contributed by atoms with Crippen LogP contribution in [0.1, 0.15) is 18.4 Å². The Bertz CT molecular complexity index is 988. The van der Waals surface area contributed by atoms with E-state index in [4.69, 9.17) is 0 Å². The van der Waals surface area contributed by atoms with E-state index in [1.54, 1.807) is 4.57 Å². The van der Waals surface area contributed by atoms with Crippen molar-refractivity contribution in [2.45, 2.75) is 25.9 Å². The minimum absolute atomic E-state index is 0.0585. The Balaban J connectivity index is 1.25. The molecule has 0 spiro atoms. The number of carbonyl (C=O) groups excluding carboxylic acids is 1. The first-order chi connectivity index (χ1) is 13.7. The van der Waals surface area contributed by atoms with E-state index in [2.05, 4.69) is 29.2 Å². The fourth-order valence-corrected chi connectivity index (χ4v) is 4.69. The molecule has 1 fully saturated rings. The number of aryl methyl sites for hydroxylation is 1. The van der Waals surface area contributed by atoms with Crippen LogP contribution in [0.15, 0.2) is 59.4 Å². The second-order valence-corrected chi connectivity index (χ2v) is 8.23. The second kappa shape index (κ2) is 8.71. The third-order valence-electron chi connectivity index (χ3n) is 5.32. The van der Waals surface area contributed by atoms with Crippen molar-refractivity contribution < 1.29 is 4.79 Å². The Kier molecular flexibility index (Phi) is 5.88. The van der Waals surface area contributed by atoms with E-state index in [0.717, 1.165) is 42.9 Å². The number of hydrogen-bond acceptors (Lipinski definition) is 4. The zero-order valence-electron chi connectivity index (χ0n) is 15.9. The van der Waals surface area contributed by atoms with Crippen molar-refractivity contribution in [1.82, 2.24) is 14.4 Å². The fourth-order valence-electron chi connectivity index (χ4n) is 3.77. The molecule has 1 aliphatic rings. The first-order valence-electron chi connectivity index (χ1n) is 9.83. The van der Waals surface area contributed by atoms with E-state index in [0.29, 0.717) is 19.4 Å². The highest BCUT2D eigenvalue weighted by atomic mass is 32.1. The van der Waals surface area contributed by atoms with Gasteiger partial charge < -0.3 is 4.90 Å². The summed E-state index contributed by atoms with van der Waals surface area (Å²) >= 11 is 1.27. The van der Waals surface area contributed by atoms with Crippen molar-refractivity contribution >= 4 is 27.5 Å². The van der Waals surface area contributed by atoms with E-state index < -0.39 is 0 Å². The fraction of sp³-hybridized carbons (Fsp3) is 0.364. The lowest BCUT2D eigenvalue weighted by Gasteiger charge is -2.34. The van der Waals surface area contributed by atoms with Gasteiger partial charge in [0.15, 0.2) is 0 Å². The van der Waals surface area contributed by atoms with Gasteiger partial charge in [-0.2, -0.15) is 0 Å². The highest BCUT2D eigenvalue weighted by Crippen LogP contribution is 2.17. The van der Waals surface area contributed by atoms with Crippen LogP contribution in [0.3, 0.4) is 0 Å². The molecule has 6 heteroatoms. The predicted molar refractivity (Wildman–Crippen MR) is 114 cm³/mol. The average Bonchev–Trinajstić information content (AvgIpc) is 3.04. The number of para-hydroxylation sites is 1. The molecule has 0 N–H and O–H groups in total. The van der Waals surface area contributed by atoms with Crippen molar-refractivity contribution in [2.75, 3.05) is 26.2 Å². The molecule has 1 saturated heterocycles. The van der Waals surface area contributed by atoms with Gasteiger partial charge in [-0.1, -0.05) is 53.8 Å². The summed E-state index contributed by atoms with van der Waals surface area (Å²) in [5.74, 6) is 0.201. The summed E-state index contributed by atoms with van der Waals surface area (Å²) in [6, 6.07) is 18.3. The van der Waals surface area contributed by atoms with Crippen molar-refractivity contribution in [3.8, 4) is 0 Å². The first kappa shape index (κ1) is 18.9. The molecule has 2 aromatic carbocycles. The highest BCUT2D eigenvalue weighted by molar-refractivity contribution is 7.16. The molecule has 0 unspecified atom stereocenters. The van der Waals surface area contributed by atoms with Crippen LogP contribution in [0, 0.1) is 0 Å². The molecule has 4 rings (SSSR count). The van der Waals surface area contributed by atoms with Crippen LogP contribution in [-0.4, -0.2) is 46.5 Å². The van der Waals surface area contributed by atoms with Crippen molar-refractivity contribution in [3.63, 3.8) is 0 Å². The Labute approximate surface area is 168 Å². The summed E-state index contributed by atoms with van der Waals surface area (Å²) in [5.41, 5.74) is 2.29. The average molecular weight is 396 g/mol. The maximum atomic E-state index is 12.6. The number of thiazole rings is 1. The largest absolute Gasteiger partial charge is 0.340 e. The summed E-state index contributed by atoms with van der Waals surface area (Å²) in [6.45, 7) is 4.93. The summed E-state index contributed by atoms with van der Waals surface area (Å²) < 4.78 is 2.80. The zero-order valence-corrected chi connectivity index (χ0v) is 16.7. The number of fused-ring (bicyclic) bond motifs is 1. The minimum Gasteiger partial charge on any atom is -0.340 e. The van der Waals surface area contributed by atoms with E-state index in [1.165, 1.54) is 16.9 Å². The lowest BCUT2D eigenvalue weighted by Crippen LogP contribution is -2.48. The lowest BCUT2D eigenvalue weighted by molar-refractivity contribution is -0.133. The Morgan fingerprint density at radius 3 is 2.43 bits per heavy atom. The lowest BCUT2D eigenvalue weighted by atomic mass is 10.2. The van der Waals surface area contributed by atoms with Crippen LogP contribution in [0.5, 0.6) is 0 Å². The predicted octanol–water partition coefficient (Wildman–Crippen LogP) is 3.19. The number of hydrogen-bond donors (Lipinski definition) is 0. The monoisotopic (exact) mass is 395 g/mol. The second-order valence-electron chi connectivity index (χ2n) is 7.23. The highest BCUT2D eigenvalue weighted by Gasteiger charge is 2.20. The Morgan fingerprint density at radius 1 is 0.929 bits per heavy atom. The number of amides is 1. The van der Waals surface area contributed by atoms with Crippen molar-refractivity contribution in [1.29, 1.82) is 0 Å². The molecule has 1 aliphatic heterocycles. The van der Waals surface area contributed by atoms with Crippen molar-refractivity contribution in [3.05, 3.63) is 69.8 Å². The van der Waals surface area contributed by atoms with Gasteiger partial charge >= 0.3 is 4.87 Å². The van der Waals surface area contributed by atoms with Gasteiger partial charge in [-0.3, -0.25) is 19.1 Å². The molecule has 2 heterocycles. The van der Waals surface area contributed by atoms with Gasteiger partial charge in [0, 0.05) is 45.7 Å². The minimum atomic E-state index is 0.0585. The molecule has 0 radical (unpaired) electrons. The molecule has 28 heavy (non-hydrogen) atoms. The smallest absolute Gasteiger partial charge is 0.308 e. The quantitative estimate of drug-likeness (QED) is 0.644. The van der Waals surface area contributed by atoms with Crippen LogP contribution < -0.4 is 4.87 Å². The third-order valence-corrected chi connectivity index (χ3v) is 6.28. The molecule has 0 atom stereocenters. The van der Waals surface area contributed by atoms with Gasteiger partial charge in [-0.25, -0.2) is 0 Å². The number of piperazine rings is 1. The summed E-state index contributed by atoms with van der Waals surface area (Å²) in [4.78, 5) is 29.2. The van der Waals surface area contributed by atoms with Gasteiger partial charge in [-0.05, 0) is 24.1 Å². The number of nitrogens with zero attached hydrogens (tertiary/aromatic N) is 3. The number of benzene rings is 2. The molecule has 1 aromatic heterocycles. The molecule has 5 nitrogen and oxygen atoms in total. The van der Waals surface area contributed by atoms with Crippen LogP contribution in [0.2, 0.25) is 0 Å². The van der Waals surface area contributed by atoms with Gasteiger partial charge in [0.25, 0.3) is 0 Å².